The maximum absolute atomic E-state index is 3.59. The molecule has 4 atom stereocenters. The van der Waals surface area contributed by atoms with Gasteiger partial charge in [0.15, 0.2) is 0 Å². The highest BCUT2D eigenvalue weighted by atomic mass is 15.3. The van der Waals surface area contributed by atoms with Gasteiger partial charge in [-0.3, -0.25) is 4.90 Å². The van der Waals surface area contributed by atoms with Gasteiger partial charge in [-0.15, -0.1) is 0 Å². The maximum atomic E-state index is 3.59. The number of hydrogen-bond donors (Lipinski definition) is 2. The molecule has 0 aromatic rings. The number of nitrogens with zero attached hydrogens (tertiary/aromatic N) is 1. The van der Waals surface area contributed by atoms with E-state index in [9.17, 15) is 0 Å². The van der Waals surface area contributed by atoms with E-state index < -0.39 is 0 Å². The Morgan fingerprint density at radius 2 is 2.00 bits per heavy atom. The second-order valence-electron chi connectivity index (χ2n) is 6.51. The highest BCUT2D eigenvalue weighted by Crippen LogP contribution is 2.28. The molecule has 3 aliphatic rings. The Hall–Kier alpha value is -0.120. The minimum atomic E-state index is 0.794. The fraction of sp³-hybridized carbons (Fsp3) is 1.00. The highest BCUT2D eigenvalue weighted by Gasteiger charge is 2.39. The summed E-state index contributed by atoms with van der Waals surface area (Å²) in [6, 6.07) is 2.44. The minimum Gasteiger partial charge on any atom is -0.316 e. The van der Waals surface area contributed by atoms with Crippen molar-refractivity contribution < 1.29 is 0 Å². The lowest BCUT2D eigenvalue weighted by molar-refractivity contribution is 0.146. The number of hydrogen-bond acceptors (Lipinski definition) is 3. The molecule has 3 aliphatic heterocycles. The zero-order chi connectivity index (χ0) is 11.8. The fourth-order valence-corrected chi connectivity index (χ4v) is 3.75. The van der Waals surface area contributed by atoms with Crippen LogP contribution >= 0.6 is 0 Å². The summed E-state index contributed by atoms with van der Waals surface area (Å²) in [4.78, 5) is 2.76. The van der Waals surface area contributed by atoms with Crippen molar-refractivity contribution in [3.8, 4) is 0 Å². The number of piperazine rings is 1. The topological polar surface area (TPSA) is 27.3 Å². The quantitative estimate of drug-likeness (QED) is 0.748. The average molecular weight is 237 g/mol. The third-order valence-electron chi connectivity index (χ3n) is 5.32. The van der Waals surface area contributed by atoms with Gasteiger partial charge in [0.05, 0.1) is 0 Å². The molecule has 0 radical (unpaired) electrons. The molecule has 0 spiro atoms. The van der Waals surface area contributed by atoms with Crippen LogP contribution in [0.15, 0.2) is 0 Å². The van der Waals surface area contributed by atoms with Crippen molar-refractivity contribution in [2.75, 3.05) is 26.2 Å². The predicted molar refractivity (Wildman–Crippen MR) is 71.1 cm³/mol. The zero-order valence-electron chi connectivity index (χ0n) is 11.3. The first-order valence-electron chi connectivity index (χ1n) is 7.44. The molecule has 3 saturated heterocycles. The van der Waals surface area contributed by atoms with Gasteiger partial charge < -0.3 is 10.6 Å². The molecule has 3 fully saturated rings. The lowest BCUT2D eigenvalue weighted by Gasteiger charge is -2.36. The van der Waals surface area contributed by atoms with Crippen molar-refractivity contribution in [3.63, 3.8) is 0 Å². The molecule has 0 aliphatic carbocycles. The van der Waals surface area contributed by atoms with E-state index >= 15 is 0 Å². The zero-order valence-corrected chi connectivity index (χ0v) is 11.3. The van der Waals surface area contributed by atoms with Crippen LogP contribution in [0.3, 0.4) is 0 Å². The molecule has 2 N–H and O–H groups in total. The molecule has 98 valence electrons. The van der Waals surface area contributed by atoms with Gasteiger partial charge in [-0.2, -0.15) is 0 Å². The van der Waals surface area contributed by atoms with Gasteiger partial charge in [-0.25, -0.2) is 0 Å². The van der Waals surface area contributed by atoms with Crippen LogP contribution in [-0.2, 0) is 0 Å². The number of rotatable bonds is 5. The third-order valence-corrected chi connectivity index (χ3v) is 5.32. The smallest absolute Gasteiger partial charge is 0.0239 e. The van der Waals surface area contributed by atoms with Crippen molar-refractivity contribution in [1.82, 2.24) is 15.5 Å². The van der Waals surface area contributed by atoms with Crippen LogP contribution in [0.1, 0.15) is 33.1 Å². The molecule has 3 heterocycles. The standard InChI is InChI=1S/C14H27N3/c1-10(12-6-15-7-12)3-4-11(2)17-9-13-5-14(17)8-16-13/h10-16H,3-9H2,1-2H3/t10?,11?,13-,14-/m0/s1. The Morgan fingerprint density at radius 3 is 2.53 bits per heavy atom. The van der Waals surface area contributed by atoms with Crippen molar-refractivity contribution in [1.29, 1.82) is 0 Å². The van der Waals surface area contributed by atoms with Crippen LogP contribution in [0.2, 0.25) is 0 Å². The monoisotopic (exact) mass is 237 g/mol. The Morgan fingerprint density at radius 1 is 1.18 bits per heavy atom. The van der Waals surface area contributed by atoms with E-state index in [1.807, 2.05) is 0 Å². The first-order valence-corrected chi connectivity index (χ1v) is 7.44. The van der Waals surface area contributed by atoms with E-state index in [0.717, 1.165) is 30.0 Å². The number of likely N-dealkylation sites (tertiary alicyclic amines) is 1. The number of nitrogens with one attached hydrogen (secondary N) is 2. The van der Waals surface area contributed by atoms with Crippen molar-refractivity contribution >= 4 is 0 Å². The fourth-order valence-electron chi connectivity index (χ4n) is 3.75. The second kappa shape index (κ2) is 4.87. The van der Waals surface area contributed by atoms with E-state index in [0.29, 0.717) is 0 Å². The molecule has 2 unspecified atom stereocenters. The molecule has 17 heavy (non-hydrogen) atoms. The van der Waals surface area contributed by atoms with Gasteiger partial charge in [0, 0.05) is 31.2 Å². The van der Waals surface area contributed by atoms with E-state index in [1.165, 1.54) is 45.4 Å². The lowest BCUT2D eigenvalue weighted by Crippen LogP contribution is -2.48. The summed E-state index contributed by atoms with van der Waals surface area (Å²) in [7, 11) is 0. The van der Waals surface area contributed by atoms with E-state index in [-0.39, 0.29) is 0 Å². The summed E-state index contributed by atoms with van der Waals surface area (Å²) in [5, 5.41) is 6.98. The maximum Gasteiger partial charge on any atom is 0.0239 e. The van der Waals surface area contributed by atoms with E-state index in [2.05, 4.69) is 29.4 Å². The van der Waals surface area contributed by atoms with Crippen molar-refractivity contribution in [2.45, 2.75) is 51.2 Å². The number of fused-ring (bicyclic) bond motifs is 2. The Labute approximate surface area is 105 Å². The van der Waals surface area contributed by atoms with Gasteiger partial charge in [0.1, 0.15) is 0 Å². The summed E-state index contributed by atoms with van der Waals surface area (Å²) >= 11 is 0. The van der Waals surface area contributed by atoms with E-state index in [4.69, 9.17) is 0 Å². The van der Waals surface area contributed by atoms with Crippen LogP contribution in [-0.4, -0.2) is 49.2 Å². The Kier molecular flexibility index (Phi) is 3.42. The van der Waals surface area contributed by atoms with Crippen molar-refractivity contribution in [2.24, 2.45) is 11.8 Å². The summed E-state index contributed by atoms with van der Waals surface area (Å²) in [5.74, 6) is 1.87. The molecule has 0 saturated carbocycles. The van der Waals surface area contributed by atoms with Crippen LogP contribution in [0.5, 0.6) is 0 Å². The predicted octanol–water partition coefficient (Wildman–Crippen LogP) is 1.06. The highest BCUT2D eigenvalue weighted by molar-refractivity contribution is 4.99. The molecule has 0 aromatic heterocycles. The first-order chi connectivity index (χ1) is 8.24. The van der Waals surface area contributed by atoms with Gasteiger partial charge in [-0.05, 0) is 51.1 Å². The molecule has 0 amide bonds. The normalized spacial score (nSPS) is 37.1. The Bertz CT molecular complexity index is 264. The van der Waals surface area contributed by atoms with E-state index in [1.54, 1.807) is 0 Å². The summed E-state index contributed by atoms with van der Waals surface area (Å²) in [6.45, 7) is 9.92. The molecule has 2 bridgehead atoms. The van der Waals surface area contributed by atoms with Gasteiger partial charge in [-0.1, -0.05) is 6.92 Å². The largest absolute Gasteiger partial charge is 0.316 e. The minimum absolute atomic E-state index is 0.794. The third kappa shape index (κ3) is 2.38. The van der Waals surface area contributed by atoms with Crippen LogP contribution < -0.4 is 10.6 Å². The molecule has 3 heteroatoms. The first kappa shape index (κ1) is 11.9. The van der Waals surface area contributed by atoms with Crippen LogP contribution in [0.25, 0.3) is 0 Å². The van der Waals surface area contributed by atoms with Gasteiger partial charge in [0.25, 0.3) is 0 Å². The molecular weight excluding hydrogens is 210 g/mol. The average Bonchev–Trinajstić information content (AvgIpc) is 2.84. The van der Waals surface area contributed by atoms with Crippen LogP contribution in [0, 0.1) is 11.8 Å². The Balaban J connectivity index is 1.42. The van der Waals surface area contributed by atoms with Gasteiger partial charge in [0.2, 0.25) is 0 Å². The molecule has 3 nitrogen and oxygen atoms in total. The molecule has 0 aromatic carbocycles. The summed E-state index contributed by atoms with van der Waals surface area (Å²) in [5.41, 5.74) is 0. The second-order valence-corrected chi connectivity index (χ2v) is 6.51. The molecular formula is C14H27N3. The SMILES string of the molecule is CC(CCC(C)N1C[C@@H]2C[C@H]1CN2)C1CNC1. The van der Waals surface area contributed by atoms with Crippen LogP contribution in [0.4, 0.5) is 0 Å². The summed E-state index contributed by atoms with van der Waals surface area (Å²) in [6.07, 6.45) is 4.20. The van der Waals surface area contributed by atoms with Crippen molar-refractivity contribution in [3.05, 3.63) is 0 Å². The lowest BCUT2D eigenvalue weighted by atomic mass is 9.85. The van der Waals surface area contributed by atoms with Gasteiger partial charge >= 0.3 is 0 Å². The summed E-state index contributed by atoms with van der Waals surface area (Å²) < 4.78 is 0. The molecule has 3 rings (SSSR count).